The van der Waals surface area contributed by atoms with Gasteiger partial charge in [0.15, 0.2) is 0 Å². The van der Waals surface area contributed by atoms with Crippen molar-refractivity contribution in [3.05, 3.63) is 22.4 Å². The second-order valence-corrected chi connectivity index (χ2v) is 10.1. The minimum Gasteiger partial charge on any atom is -0.334 e. The minimum absolute atomic E-state index is 0.0117. The second-order valence-electron chi connectivity index (χ2n) is 7.09. The van der Waals surface area contributed by atoms with Crippen LogP contribution in [0.1, 0.15) is 48.2 Å². The van der Waals surface area contributed by atoms with Crippen LogP contribution in [0.3, 0.4) is 0 Å². The fourth-order valence-corrected chi connectivity index (χ4v) is 5.93. The van der Waals surface area contributed by atoms with Gasteiger partial charge in [0.2, 0.25) is 10.0 Å². The van der Waals surface area contributed by atoms with Gasteiger partial charge in [-0.2, -0.15) is 4.31 Å². The Kier molecular flexibility index (Phi) is 7.08. The summed E-state index contributed by atoms with van der Waals surface area (Å²) < 4.78 is 27.0. The van der Waals surface area contributed by atoms with E-state index in [2.05, 4.69) is 5.32 Å². The van der Waals surface area contributed by atoms with E-state index in [0.717, 1.165) is 25.7 Å². The Hall–Kier alpha value is -0.960. The molecule has 1 aliphatic heterocycles. The number of thiophene rings is 1. The highest BCUT2D eigenvalue weighted by atomic mass is 32.2. The molecule has 26 heavy (non-hydrogen) atoms. The standard InChI is InChI=1S/C18H29N3O3S2/c22-18(17-8-5-14-25-17)21(16-6-3-1-2-4-7-16)13-15-26(23,24)20-11-9-19-10-12-20/h5,8,14,16,19H,1-4,6-7,9-13,15H2. The molecular formula is C18H29N3O3S2. The molecule has 1 aliphatic carbocycles. The third-order valence-corrected chi connectivity index (χ3v) is 8.03. The summed E-state index contributed by atoms with van der Waals surface area (Å²) in [7, 11) is -3.33. The van der Waals surface area contributed by atoms with Gasteiger partial charge in [0, 0.05) is 38.8 Å². The van der Waals surface area contributed by atoms with Crippen molar-refractivity contribution >= 4 is 27.3 Å². The Morgan fingerprint density at radius 1 is 1.19 bits per heavy atom. The summed E-state index contributed by atoms with van der Waals surface area (Å²) >= 11 is 1.43. The summed E-state index contributed by atoms with van der Waals surface area (Å²) in [6.07, 6.45) is 6.59. The normalized spacial score (nSPS) is 20.6. The Morgan fingerprint density at radius 3 is 2.50 bits per heavy atom. The molecule has 0 spiro atoms. The fourth-order valence-electron chi connectivity index (χ4n) is 3.83. The highest BCUT2D eigenvalue weighted by Crippen LogP contribution is 2.24. The van der Waals surface area contributed by atoms with E-state index < -0.39 is 10.0 Å². The van der Waals surface area contributed by atoms with E-state index in [0.29, 0.717) is 31.1 Å². The first-order valence-corrected chi connectivity index (χ1v) is 12.1. The lowest BCUT2D eigenvalue weighted by molar-refractivity contribution is 0.0679. The predicted octanol–water partition coefficient (Wildman–Crippen LogP) is 2.15. The summed E-state index contributed by atoms with van der Waals surface area (Å²) in [6.45, 7) is 2.71. The predicted molar refractivity (Wildman–Crippen MR) is 105 cm³/mol. The lowest BCUT2D eigenvalue weighted by atomic mass is 10.1. The molecule has 1 saturated heterocycles. The van der Waals surface area contributed by atoms with Crippen LogP contribution in [0.4, 0.5) is 0 Å². The lowest BCUT2D eigenvalue weighted by Crippen LogP contribution is -2.49. The molecule has 1 saturated carbocycles. The molecule has 1 N–H and O–H groups in total. The summed E-state index contributed by atoms with van der Waals surface area (Å²) in [6, 6.07) is 3.87. The van der Waals surface area contributed by atoms with Crippen LogP contribution >= 0.6 is 11.3 Å². The highest BCUT2D eigenvalue weighted by Gasteiger charge is 2.30. The molecular weight excluding hydrogens is 370 g/mol. The van der Waals surface area contributed by atoms with Gasteiger partial charge in [0.25, 0.3) is 5.91 Å². The van der Waals surface area contributed by atoms with E-state index in [1.807, 2.05) is 22.4 Å². The number of amides is 1. The third kappa shape index (κ3) is 5.06. The maximum absolute atomic E-state index is 13.0. The first kappa shape index (κ1) is 19.8. The van der Waals surface area contributed by atoms with Crippen LogP contribution in [0.15, 0.2) is 17.5 Å². The third-order valence-electron chi connectivity index (χ3n) is 5.32. The number of nitrogens with one attached hydrogen (secondary N) is 1. The Labute approximate surface area is 160 Å². The second kappa shape index (κ2) is 9.30. The minimum atomic E-state index is -3.33. The maximum Gasteiger partial charge on any atom is 0.264 e. The average Bonchev–Trinajstić information content (AvgIpc) is 3.06. The van der Waals surface area contributed by atoms with Crippen molar-refractivity contribution in [2.45, 2.75) is 44.6 Å². The SMILES string of the molecule is O=C(c1cccs1)N(CCS(=O)(=O)N1CCNCC1)C1CCCCCC1. The fraction of sp³-hybridized carbons (Fsp3) is 0.722. The molecule has 1 aromatic heterocycles. The first-order valence-electron chi connectivity index (χ1n) is 9.61. The summed E-state index contributed by atoms with van der Waals surface area (Å²) in [4.78, 5) is 15.6. The van der Waals surface area contributed by atoms with Crippen molar-refractivity contribution in [3.63, 3.8) is 0 Å². The van der Waals surface area contributed by atoms with Crippen LogP contribution < -0.4 is 5.32 Å². The van der Waals surface area contributed by atoms with Crippen LogP contribution in [0, 0.1) is 0 Å². The molecule has 1 aromatic rings. The number of piperazine rings is 1. The zero-order valence-electron chi connectivity index (χ0n) is 15.2. The molecule has 2 aliphatic rings. The van der Waals surface area contributed by atoms with Crippen LogP contribution in [0.5, 0.6) is 0 Å². The zero-order valence-corrected chi connectivity index (χ0v) is 16.9. The molecule has 0 radical (unpaired) electrons. The van der Waals surface area contributed by atoms with Crippen LogP contribution in [-0.2, 0) is 10.0 Å². The Balaban J connectivity index is 1.71. The van der Waals surface area contributed by atoms with E-state index in [-0.39, 0.29) is 24.2 Å². The number of nitrogens with zero attached hydrogens (tertiary/aromatic N) is 2. The quantitative estimate of drug-likeness (QED) is 0.744. The number of carbonyl (C=O) groups is 1. The number of sulfonamides is 1. The molecule has 3 rings (SSSR count). The zero-order chi connectivity index (χ0) is 18.4. The molecule has 2 heterocycles. The molecule has 8 heteroatoms. The van der Waals surface area contributed by atoms with Crippen molar-refractivity contribution in [2.75, 3.05) is 38.5 Å². The van der Waals surface area contributed by atoms with Gasteiger partial charge in [-0.3, -0.25) is 4.79 Å². The smallest absolute Gasteiger partial charge is 0.264 e. The van der Waals surface area contributed by atoms with Gasteiger partial charge in [0.1, 0.15) is 0 Å². The number of hydrogen-bond donors (Lipinski definition) is 1. The van der Waals surface area contributed by atoms with Crippen molar-refractivity contribution in [1.29, 1.82) is 0 Å². The topological polar surface area (TPSA) is 69.7 Å². The van der Waals surface area contributed by atoms with E-state index in [1.165, 1.54) is 24.2 Å². The van der Waals surface area contributed by atoms with Gasteiger partial charge >= 0.3 is 0 Å². The van der Waals surface area contributed by atoms with Crippen LogP contribution in [0.2, 0.25) is 0 Å². The van der Waals surface area contributed by atoms with Crippen molar-refractivity contribution in [3.8, 4) is 0 Å². The van der Waals surface area contributed by atoms with Gasteiger partial charge < -0.3 is 10.2 Å². The van der Waals surface area contributed by atoms with Crippen molar-refractivity contribution < 1.29 is 13.2 Å². The van der Waals surface area contributed by atoms with E-state index in [9.17, 15) is 13.2 Å². The highest BCUT2D eigenvalue weighted by molar-refractivity contribution is 7.89. The molecule has 1 amide bonds. The van der Waals surface area contributed by atoms with Gasteiger partial charge in [-0.1, -0.05) is 31.7 Å². The first-order chi connectivity index (χ1) is 12.6. The summed E-state index contributed by atoms with van der Waals surface area (Å²) in [5.74, 6) is 0.00284. The largest absolute Gasteiger partial charge is 0.334 e. The van der Waals surface area contributed by atoms with Gasteiger partial charge in [-0.15, -0.1) is 11.3 Å². The summed E-state index contributed by atoms with van der Waals surface area (Å²) in [5.41, 5.74) is 0. The molecule has 0 unspecified atom stereocenters. The molecule has 6 nitrogen and oxygen atoms in total. The van der Waals surface area contributed by atoms with E-state index in [4.69, 9.17) is 0 Å². The number of hydrogen-bond acceptors (Lipinski definition) is 5. The molecule has 146 valence electrons. The Bertz CT molecular complexity index is 662. The van der Waals surface area contributed by atoms with Gasteiger partial charge in [-0.25, -0.2) is 8.42 Å². The number of carbonyl (C=O) groups excluding carboxylic acids is 1. The molecule has 0 atom stereocenters. The molecule has 0 aromatic carbocycles. The van der Waals surface area contributed by atoms with Gasteiger partial charge in [-0.05, 0) is 24.3 Å². The molecule has 0 bridgehead atoms. The van der Waals surface area contributed by atoms with E-state index >= 15 is 0 Å². The molecule has 2 fully saturated rings. The van der Waals surface area contributed by atoms with Crippen LogP contribution in [0.25, 0.3) is 0 Å². The van der Waals surface area contributed by atoms with Crippen LogP contribution in [-0.4, -0.2) is 68.0 Å². The average molecular weight is 400 g/mol. The Morgan fingerprint density at radius 2 is 1.88 bits per heavy atom. The van der Waals surface area contributed by atoms with Crippen molar-refractivity contribution in [1.82, 2.24) is 14.5 Å². The van der Waals surface area contributed by atoms with E-state index in [1.54, 1.807) is 4.31 Å². The van der Waals surface area contributed by atoms with Crippen molar-refractivity contribution in [2.24, 2.45) is 0 Å². The maximum atomic E-state index is 13.0. The monoisotopic (exact) mass is 399 g/mol. The van der Waals surface area contributed by atoms with Gasteiger partial charge in [0.05, 0.1) is 10.6 Å². The number of rotatable bonds is 6. The summed E-state index contributed by atoms with van der Waals surface area (Å²) in [5, 5.41) is 5.08. The lowest BCUT2D eigenvalue weighted by Gasteiger charge is -2.32.